The van der Waals surface area contributed by atoms with Crippen LogP contribution in [-0.2, 0) is 12.8 Å². The van der Waals surface area contributed by atoms with E-state index >= 15 is 0 Å². The molecule has 0 bridgehead atoms. The Labute approximate surface area is 128 Å². The van der Waals surface area contributed by atoms with E-state index in [1.54, 1.807) is 6.33 Å². The minimum absolute atomic E-state index is 0.150. The molecule has 0 spiro atoms. The number of nitrogens with zero attached hydrogens (tertiary/aromatic N) is 3. The number of thiophene rings is 1. The van der Waals surface area contributed by atoms with E-state index in [4.69, 9.17) is 4.99 Å². The quantitative estimate of drug-likeness (QED) is 0.876. The smallest absolute Gasteiger partial charge is 0.164 e. The second-order valence-corrected chi connectivity index (χ2v) is 7.08. The van der Waals surface area contributed by atoms with Crippen molar-refractivity contribution in [3.05, 3.63) is 16.8 Å². The van der Waals surface area contributed by atoms with Gasteiger partial charge in [0.25, 0.3) is 0 Å². The Morgan fingerprint density at radius 3 is 2.76 bits per heavy atom. The third-order valence-corrected chi connectivity index (χ3v) is 5.73. The highest BCUT2D eigenvalue weighted by atomic mass is 32.1. The standard InChI is InChI=1S/C16H19N3OS/c20-11-7-5-10(6-8-11)19-15-14-12-3-1-2-4-13(12)21-16(14)18-9-17-15/h9,11,20H,1-8H2. The Kier molecular flexibility index (Phi) is 3.47. The summed E-state index contributed by atoms with van der Waals surface area (Å²) in [5.74, 6) is 0.853. The Hall–Kier alpha value is -1.33. The monoisotopic (exact) mass is 301 g/mol. The van der Waals surface area contributed by atoms with Crippen LogP contribution in [0.15, 0.2) is 11.3 Å². The summed E-state index contributed by atoms with van der Waals surface area (Å²) in [4.78, 5) is 16.3. The zero-order chi connectivity index (χ0) is 14.2. The van der Waals surface area contributed by atoms with Crippen LogP contribution >= 0.6 is 11.3 Å². The van der Waals surface area contributed by atoms with Crippen molar-refractivity contribution < 1.29 is 5.11 Å². The van der Waals surface area contributed by atoms with Gasteiger partial charge in [-0.2, -0.15) is 0 Å². The summed E-state index contributed by atoms with van der Waals surface area (Å²) in [6.45, 7) is 0. The molecule has 2 aromatic heterocycles. The molecule has 0 saturated heterocycles. The summed E-state index contributed by atoms with van der Waals surface area (Å²) >= 11 is 1.82. The van der Waals surface area contributed by atoms with Crippen molar-refractivity contribution >= 4 is 33.1 Å². The predicted molar refractivity (Wildman–Crippen MR) is 85.6 cm³/mol. The zero-order valence-electron chi connectivity index (χ0n) is 12.0. The van der Waals surface area contributed by atoms with Gasteiger partial charge in [0.2, 0.25) is 0 Å². The van der Waals surface area contributed by atoms with Gasteiger partial charge >= 0.3 is 0 Å². The lowest BCUT2D eigenvalue weighted by Gasteiger charge is -2.18. The van der Waals surface area contributed by atoms with E-state index in [9.17, 15) is 5.11 Å². The number of aliphatic hydroxyl groups is 1. The van der Waals surface area contributed by atoms with Gasteiger partial charge in [0, 0.05) is 10.6 Å². The van der Waals surface area contributed by atoms with E-state index in [-0.39, 0.29) is 6.10 Å². The average molecular weight is 301 g/mol. The minimum atomic E-state index is -0.150. The summed E-state index contributed by atoms with van der Waals surface area (Å²) in [6.07, 6.45) is 9.79. The van der Waals surface area contributed by atoms with E-state index < -0.39 is 0 Å². The lowest BCUT2D eigenvalue weighted by molar-refractivity contribution is 0.152. The van der Waals surface area contributed by atoms with Crippen molar-refractivity contribution in [2.75, 3.05) is 0 Å². The SMILES string of the molecule is OC1CCC(=Nc2ncnc3sc4c(c23)CCCC4)CC1. The molecule has 110 valence electrons. The Morgan fingerprint density at radius 2 is 1.90 bits per heavy atom. The molecule has 0 aliphatic heterocycles. The van der Waals surface area contributed by atoms with Gasteiger partial charge in [-0.05, 0) is 56.9 Å². The predicted octanol–water partition coefficient (Wildman–Crippen LogP) is 3.58. The van der Waals surface area contributed by atoms with Gasteiger partial charge in [-0.15, -0.1) is 11.3 Å². The normalized spacial score (nSPS) is 22.3. The molecule has 0 atom stereocenters. The largest absolute Gasteiger partial charge is 0.393 e. The average Bonchev–Trinajstić information content (AvgIpc) is 2.89. The molecular formula is C16H19N3OS. The fourth-order valence-electron chi connectivity index (χ4n) is 3.36. The fourth-order valence-corrected chi connectivity index (χ4v) is 4.58. The number of aliphatic imine (C=N–C) groups is 1. The molecule has 2 aliphatic rings. The maximum atomic E-state index is 9.61. The van der Waals surface area contributed by atoms with Crippen molar-refractivity contribution in [2.45, 2.75) is 57.5 Å². The van der Waals surface area contributed by atoms with Crippen molar-refractivity contribution in [2.24, 2.45) is 4.99 Å². The first-order valence-electron chi connectivity index (χ1n) is 7.81. The van der Waals surface area contributed by atoms with Gasteiger partial charge < -0.3 is 5.11 Å². The molecule has 1 fully saturated rings. The van der Waals surface area contributed by atoms with E-state index in [1.165, 1.54) is 40.8 Å². The van der Waals surface area contributed by atoms with Crippen molar-refractivity contribution in [3.63, 3.8) is 0 Å². The first kappa shape index (κ1) is 13.3. The molecule has 0 aromatic carbocycles. The van der Waals surface area contributed by atoms with Crippen molar-refractivity contribution in [1.29, 1.82) is 0 Å². The first-order chi connectivity index (χ1) is 10.3. The van der Waals surface area contributed by atoms with Crippen molar-refractivity contribution in [1.82, 2.24) is 9.97 Å². The van der Waals surface area contributed by atoms with Gasteiger partial charge in [-0.1, -0.05) is 0 Å². The van der Waals surface area contributed by atoms with Crippen LogP contribution in [0.4, 0.5) is 5.82 Å². The van der Waals surface area contributed by atoms with E-state index in [0.717, 1.165) is 42.8 Å². The van der Waals surface area contributed by atoms with Crippen LogP contribution in [0.2, 0.25) is 0 Å². The number of hydrogen-bond acceptors (Lipinski definition) is 5. The second kappa shape index (κ2) is 5.46. The van der Waals surface area contributed by atoms with Crippen molar-refractivity contribution in [3.8, 4) is 0 Å². The summed E-state index contributed by atoms with van der Waals surface area (Å²) in [5, 5.41) is 10.8. The highest BCUT2D eigenvalue weighted by Crippen LogP contribution is 2.39. The van der Waals surface area contributed by atoms with Gasteiger partial charge in [0.05, 0.1) is 11.5 Å². The Balaban J connectivity index is 1.78. The van der Waals surface area contributed by atoms with Gasteiger partial charge in [-0.3, -0.25) is 0 Å². The molecule has 4 rings (SSSR count). The van der Waals surface area contributed by atoms with Gasteiger partial charge in [0.15, 0.2) is 5.82 Å². The summed E-state index contributed by atoms with van der Waals surface area (Å²) in [7, 11) is 0. The molecule has 0 amide bonds. The lowest BCUT2D eigenvalue weighted by Crippen LogP contribution is -2.17. The van der Waals surface area contributed by atoms with E-state index in [1.807, 2.05) is 11.3 Å². The molecule has 0 radical (unpaired) electrons. The number of hydrogen-bond donors (Lipinski definition) is 1. The Morgan fingerprint density at radius 1 is 1.10 bits per heavy atom. The molecule has 5 heteroatoms. The molecule has 1 saturated carbocycles. The number of fused-ring (bicyclic) bond motifs is 3. The van der Waals surface area contributed by atoms with Crippen LogP contribution in [0, 0.1) is 0 Å². The number of aryl methyl sites for hydroxylation is 2. The molecule has 2 aliphatic carbocycles. The van der Waals surface area contributed by atoms with E-state index in [2.05, 4.69) is 9.97 Å². The van der Waals surface area contributed by atoms with Crippen LogP contribution in [0.5, 0.6) is 0 Å². The highest BCUT2D eigenvalue weighted by Gasteiger charge is 2.21. The van der Waals surface area contributed by atoms with Crippen LogP contribution in [0.25, 0.3) is 10.2 Å². The van der Waals surface area contributed by atoms with Crippen LogP contribution < -0.4 is 0 Å². The third kappa shape index (κ3) is 2.49. The summed E-state index contributed by atoms with van der Waals surface area (Å²) in [6, 6.07) is 0. The maximum Gasteiger partial charge on any atom is 0.164 e. The number of aliphatic hydroxyl groups excluding tert-OH is 1. The first-order valence-corrected chi connectivity index (χ1v) is 8.62. The molecule has 4 nitrogen and oxygen atoms in total. The summed E-state index contributed by atoms with van der Waals surface area (Å²) in [5.41, 5.74) is 2.62. The molecule has 21 heavy (non-hydrogen) atoms. The molecule has 2 aromatic rings. The van der Waals surface area contributed by atoms with Crippen LogP contribution in [0.3, 0.4) is 0 Å². The third-order valence-electron chi connectivity index (χ3n) is 4.53. The van der Waals surface area contributed by atoms with Gasteiger partial charge in [-0.25, -0.2) is 15.0 Å². The zero-order valence-corrected chi connectivity index (χ0v) is 12.8. The van der Waals surface area contributed by atoms with Crippen LogP contribution in [-0.4, -0.2) is 26.9 Å². The minimum Gasteiger partial charge on any atom is -0.393 e. The Bertz CT molecular complexity index is 697. The van der Waals surface area contributed by atoms with E-state index in [0.29, 0.717) is 0 Å². The molecule has 2 heterocycles. The fraction of sp³-hybridized carbons (Fsp3) is 0.562. The lowest BCUT2D eigenvalue weighted by atomic mass is 9.95. The highest BCUT2D eigenvalue weighted by molar-refractivity contribution is 7.18. The molecular weight excluding hydrogens is 282 g/mol. The molecule has 1 N–H and O–H groups in total. The maximum absolute atomic E-state index is 9.61. The number of aromatic nitrogens is 2. The van der Waals surface area contributed by atoms with Gasteiger partial charge in [0.1, 0.15) is 11.2 Å². The number of rotatable bonds is 1. The molecule has 0 unspecified atom stereocenters. The topological polar surface area (TPSA) is 58.4 Å². The second-order valence-electron chi connectivity index (χ2n) is 6.00. The summed E-state index contributed by atoms with van der Waals surface area (Å²) < 4.78 is 0. The van der Waals surface area contributed by atoms with Crippen LogP contribution in [0.1, 0.15) is 49.0 Å².